The van der Waals surface area contributed by atoms with Crippen molar-refractivity contribution in [1.29, 1.82) is 0 Å². The van der Waals surface area contributed by atoms with E-state index in [4.69, 9.17) is 0 Å². The topological polar surface area (TPSA) is 51.2 Å². The summed E-state index contributed by atoms with van der Waals surface area (Å²) in [4.78, 5) is 15.2. The lowest BCUT2D eigenvalue weighted by atomic mass is 10.1. The van der Waals surface area contributed by atoms with Crippen LogP contribution >= 0.6 is 0 Å². The highest BCUT2D eigenvalue weighted by Crippen LogP contribution is 2.14. The molecule has 0 spiro atoms. The van der Waals surface area contributed by atoms with E-state index in [1.807, 2.05) is 12.3 Å². The fourth-order valence-electron chi connectivity index (χ4n) is 1.34. The first-order valence-electron chi connectivity index (χ1n) is 4.28. The van der Waals surface area contributed by atoms with Gasteiger partial charge in [0, 0.05) is 12.7 Å². The number of nitrogens with one attached hydrogen (secondary N) is 1. The van der Waals surface area contributed by atoms with Crippen LogP contribution in [0, 0.1) is 0 Å². The molecular formula is C10H10N2O2. The molecule has 14 heavy (non-hydrogen) atoms. The third-order valence-electron chi connectivity index (χ3n) is 2.09. The summed E-state index contributed by atoms with van der Waals surface area (Å²) in [6, 6.07) is 1.73. The summed E-state index contributed by atoms with van der Waals surface area (Å²) >= 11 is 0. The average Bonchev–Trinajstić information content (AvgIpc) is 2.27. The van der Waals surface area contributed by atoms with Gasteiger partial charge in [0.15, 0.2) is 0 Å². The number of nitrogens with zero attached hydrogens (tertiary/aromatic N) is 1. The lowest BCUT2D eigenvalue weighted by Gasteiger charge is -2.11. The van der Waals surface area contributed by atoms with E-state index in [1.165, 1.54) is 7.11 Å². The maximum atomic E-state index is 11.2. The number of aromatic nitrogens is 1. The molecule has 4 heteroatoms. The Bertz CT molecular complexity index is 399. The lowest BCUT2D eigenvalue weighted by molar-refractivity contribution is 0.0594. The molecule has 1 aliphatic rings. The molecular weight excluding hydrogens is 180 g/mol. The number of pyridine rings is 1. The second kappa shape index (κ2) is 3.49. The molecule has 4 nitrogen and oxygen atoms in total. The fraction of sp³-hybridized carbons (Fsp3) is 0.200. The molecule has 0 fully saturated rings. The molecule has 1 aromatic rings. The van der Waals surface area contributed by atoms with Gasteiger partial charge >= 0.3 is 5.97 Å². The minimum atomic E-state index is -0.403. The standard InChI is InChI=1S/C10H10N2O2/c1-14-10(13)9-4-7-2-3-11-5-8(7)6-12-9/h2-4,6,11H,5H2,1H3. The van der Waals surface area contributed by atoms with E-state index in [2.05, 4.69) is 15.0 Å². The Morgan fingerprint density at radius 3 is 3.29 bits per heavy atom. The smallest absolute Gasteiger partial charge is 0.356 e. The van der Waals surface area contributed by atoms with Crippen molar-refractivity contribution in [2.45, 2.75) is 6.54 Å². The van der Waals surface area contributed by atoms with Crippen molar-refractivity contribution in [2.24, 2.45) is 0 Å². The highest BCUT2D eigenvalue weighted by Gasteiger charge is 2.11. The molecule has 0 radical (unpaired) electrons. The predicted octanol–water partition coefficient (Wildman–Crippen LogP) is 0.942. The summed E-state index contributed by atoms with van der Waals surface area (Å²) in [5, 5.41) is 3.07. The number of ether oxygens (including phenoxy) is 1. The molecule has 0 unspecified atom stereocenters. The van der Waals surface area contributed by atoms with Gasteiger partial charge in [0.25, 0.3) is 0 Å². The van der Waals surface area contributed by atoms with Crippen molar-refractivity contribution in [3.8, 4) is 0 Å². The summed E-state index contributed by atoms with van der Waals surface area (Å²) in [5.41, 5.74) is 2.44. The SMILES string of the molecule is COC(=O)c1cc2c(cn1)CNC=C2. The molecule has 1 N–H and O–H groups in total. The van der Waals surface area contributed by atoms with E-state index < -0.39 is 5.97 Å². The van der Waals surface area contributed by atoms with Crippen LogP contribution in [0.15, 0.2) is 18.5 Å². The van der Waals surface area contributed by atoms with Gasteiger partial charge in [-0.25, -0.2) is 9.78 Å². The summed E-state index contributed by atoms with van der Waals surface area (Å²) in [6.07, 6.45) is 5.45. The molecule has 0 saturated heterocycles. The molecule has 0 amide bonds. The first-order chi connectivity index (χ1) is 6.81. The van der Waals surface area contributed by atoms with Crippen LogP contribution in [0.1, 0.15) is 21.6 Å². The highest BCUT2D eigenvalue weighted by atomic mass is 16.5. The Labute approximate surface area is 81.6 Å². The Morgan fingerprint density at radius 2 is 2.50 bits per heavy atom. The molecule has 2 rings (SSSR count). The summed E-state index contributed by atoms with van der Waals surface area (Å²) < 4.78 is 4.59. The summed E-state index contributed by atoms with van der Waals surface area (Å²) in [5.74, 6) is -0.403. The second-order valence-corrected chi connectivity index (χ2v) is 2.97. The predicted molar refractivity (Wildman–Crippen MR) is 51.5 cm³/mol. The van der Waals surface area contributed by atoms with Gasteiger partial charge in [-0.15, -0.1) is 0 Å². The van der Waals surface area contributed by atoms with E-state index in [1.54, 1.807) is 12.3 Å². The first-order valence-corrected chi connectivity index (χ1v) is 4.28. The number of hydrogen-bond donors (Lipinski definition) is 1. The van der Waals surface area contributed by atoms with Gasteiger partial charge in [-0.2, -0.15) is 0 Å². The van der Waals surface area contributed by atoms with E-state index in [9.17, 15) is 4.79 Å². The largest absolute Gasteiger partial charge is 0.464 e. The van der Waals surface area contributed by atoms with Gasteiger partial charge in [0.1, 0.15) is 5.69 Å². The van der Waals surface area contributed by atoms with Crippen molar-refractivity contribution in [3.63, 3.8) is 0 Å². The van der Waals surface area contributed by atoms with Crippen molar-refractivity contribution < 1.29 is 9.53 Å². The minimum Gasteiger partial charge on any atom is -0.464 e. The van der Waals surface area contributed by atoms with Gasteiger partial charge in [-0.3, -0.25) is 0 Å². The van der Waals surface area contributed by atoms with Crippen molar-refractivity contribution in [3.05, 3.63) is 35.3 Å². The Morgan fingerprint density at radius 1 is 1.64 bits per heavy atom. The van der Waals surface area contributed by atoms with E-state index in [0.717, 1.165) is 17.7 Å². The first kappa shape index (κ1) is 8.74. The van der Waals surface area contributed by atoms with Crippen LogP contribution in [-0.4, -0.2) is 18.1 Å². The van der Waals surface area contributed by atoms with Gasteiger partial charge in [-0.1, -0.05) is 0 Å². The monoisotopic (exact) mass is 190 g/mol. The molecule has 0 bridgehead atoms. The third kappa shape index (κ3) is 1.46. The van der Waals surface area contributed by atoms with Crippen LogP contribution < -0.4 is 5.32 Å². The number of esters is 1. The lowest BCUT2D eigenvalue weighted by Crippen LogP contribution is -2.12. The van der Waals surface area contributed by atoms with Crippen LogP contribution in [-0.2, 0) is 11.3 Å². The summed E-state index contributed by atoms with van der Waals surface area (Å²) in [6.45, 7) is 0.750. The summed E-state index contributed by atoms with van der Waals surface area (Å²) in [7, 11) is 1.35. The Hall–Kier alpha value is -1.84. The van der Waals surface area contributed by atoms with Crippen LogP contribution in [0.25, 0.3) is 6.08 Å². The van der Waals surface area contributed by atoms with E-state index >= 15 is 0 Å². The maximum absolute atomic E-state index is 11.2. The van der Waals surface area contributed by atoms with Crippen molar-refractivity contribution >= 4 is 12.0 Å². The zero-order chi connectivity index (χ0) is 9.97. The van der Waals surface area contributed by atoms with Crippen LogP contribution in [0.5, 0.6) is 0 Å². The zero-order valence-corrected chi connectivity index (χ0v) is 7.78. The second-order valence-electron chi connectivity index (χ2n) is 2.97. The molecule has 0 atom stereocenters. The van der Waals surface area contributed by atoms with Crippen LogP contribution in [0.3, 0.4) is 0 Å². The number of hydrogen-bond acceptors (Lipinski definition) is 4. The molecule has 0 aliphatic carbocycles. The van der Waals surface area contributed by atoms with E-state index in [-0.39, 0.29) is 0 Å². The number of carbonyl (C=O) groups excluding carboxylic acids is 1. The number of methoxy groups -OCH3 is 1. The normalized spacial score (nSPS) is 12.9. The molecule has 72 valence electrons. The van der Waals surface area contributed by atoms with Gasteiger partial charge in [-0.05, 0) is 29.5 Å². The number of carbonyl (C=O) groups is 1. The third-order valence-corrected chi connectivity index (χ3v) is 2.09. The fourth-order valence-corrected chi connectivity index (χ4v) is 1.34. The van der Waals surface area contributed by atoms with Crippen molar-refractivity contribution in [2.75, 3.05) is 7.11 Å². The van der Waals surface area contributed by atoms with Crippen LogP contribution in [0.2, 0.25) is 0 Å². The Kier molecular flexibility index (Phi) is 2.18. The quantitative estimate of drug-likeness (QED) is 0.669. The molecule has 2 heterocycles. The van der Waals surface area contributed by atoms with E-state index in [0.29, 0.717) is 5.69 Å². The molecule has 0 saturated carbocycles. The zero-order valence-electron chi connectivity index (χ0n) is 7.78. The van der Waals surface area contributed by atoms with Crippen molar-refractivity contribution in [1.82, 2.24) is 10.3 Å². The molecule has 1 aromatic heterocycles. The highest BCUT2D eigenvalue weighted by molar-refractivity contribution is 5.88. The van der Waals surface area contributed by atoms with Crippen LogP contribution in [0.4, 0.5) is 0 Å². The number of rotatable bonds is 1. The van der Waals surface area contributed by atoms with Gasteiger partial charge in [0.05, 0.1) is 7.11 Å². The van der Waals surface area contributed by atoms with Gasteiger partial charge < -0.3 is 10.1 Å². The maximum Gasteiger partial charge on any atom is 0.356 e. The number of fused-ring (bicyclic) bond motifs is 1. The average molecular weight is 190 g/mol. The Balaban J connectivity index is 2.40. The van der Waals surface area contributed by atoms with Gasteiger partial charge in [0.2, 0.25) is 0 Å². The minimum absolute atomic E-state index is 0.345. The molecule has 1 aliphatic heterocycles. The molecule has 0 aromatic carbocycles.